The number of hydrogen-bond acceptors (Lipinski definition) is 3. The van der Waals surface area contributed by atoms with Gasteiger partial charge >= 0.3 is 0 Å². The summed E-state index contributed by atoms with van der Waals surface area (Å²) in [5.74, 6) is 1.63. The van der Waals surface area contributed by atoms with E-state index in [1.165, 1.54) is 0 Å². The maximum atomic E-state index is 9.32. The molecule has 0 heterocycles. The lowest BCUT2D eigenvalue weighted by molar-refractivity contribution is 0.414. The third kappa shape index (κ3) is 5.24. The molecule has 0 saturated heterocycles. The zero-order valence-electron chi connectivity index (χ0n) is 21.1. The van der Waals surface area contributed by atoms with Crippen LogP contribution in [0.4, 0.5) is 0 Å². The lowest BCUT2D eigenvalue weighted by Gasteiger charge is -2.19. The molecule has 0 saturated carbocycles. The van der Waals surface area contributed by atoms with E-state index in [0.717, 1.165) is 61.6 Å². The van der Waals surface area contributed by atoms with E-state index in [1.807, 2.05) is 44.2 Å². The summed E-state index contributed by atoms with van der Waals surface area (Å²) in [6.45, 7) is 3.84. The molecule has 0 unspecified atom stereocenters. The zero-order valence-corrected chi connectivity index (χ0v) is 21.1. The van der Waals surface area contributed by atoms with E-state index < -0.39 is 0 Å². The maximum absolute atomic E-state index is 9.32. The van der Waals surface area contributed by atoms with Crippen molar-refractivity contribution in [3.05, 3.63) is 137 Å². The Balaban J connectivity index is 2.01. The van der Waals surface area contributed by atoms with E-state index in [0.29, 0.717) is 0 Å². The fourth-order valence-electron chi connectivity index (χ4n) is 4.22. The second-order valence-electron chi connectivity index (χ2n) is 8.51. The van der Waals surface area contributed by atoms with Crippen molar-refractivity contribution in [3.63, 3.8) is 0 Å². The minimum absolute atomic E-state index is 0.721. The summed E-state index contributed by atoms with van der Waals surface area (Å²) in [5.41, 5.74) is 9.36. The first-order valence-electron chi connectivity index (χ1n) is 11.8. The van der Waals surface area contributed by atoms with Crippen LogP contribution in [0.5, 0.6) is 11.5 Å². The molecule has 178 valence electrons. The molecule has 4 rings (SSSR count). The number of methoxy groups -OCH3 is 2. The number of hydrogen-bond donors (Lipinski definition) is 0. The maximum Gasteiger partial charge on any atom is 0.118 e. The molecule has 0 aliphatic rings. The van der Waals surface area contributed by atoms with Crippen LogP contribution >= 0.6 is 0 Å². The largest absolute Gasteiger partial charge is 0.497 e. The Labute approximate surface area is 213 Å². The minimum Gasteiger partial charge on any atom is -0.497 e. The molecule has 0 aromatic heterocycles. The summed E-state index contributed by atoms with van der Waals surface area (Å²) in [7, 11) is 3.35. The quantitative estimate of drug-likeness (QED) is 0.202. The van der Waals surface area contributed by atoms with Crippen LogP contribution in [0.3, 0.4) is 0 Å². The van der Waals surface area contributed by atoms with Gasteiger partial charge in [-0.1, -0.05) is 78.9 Å². The van der Waals surface area contributed by atoms with E-state index in [-0.39, 0.29) is 0 Å². The molecule has 0 radical (unpaired) electrons. The van der Waals surface area contributed by atoms with Gasteiger partial charge in [-0.2, -0.15) is 5.26 Å². The predicted octanol–water partition coefficient (Wildman–Crippen LogP) is 8.03. The highest BCUT2D eigenvalue weighted by atomic mass is 16.5. The van der Waals surface area contributed by atoms with Gasteiger partial charge < -0.3 is 9.47 Å². The molecule has 0 spiro atoms. The smallest absolute Gasteiger partial charge is 0.118 e. The average Bonchev–Trinajstić information content (AvgIpc) is 2.96. The van der Waals surface area contributed by atoms with Gasteiger partial charge in [0.15, 0.2) is 0 Å². The van der Waals surface area contributed by atoms with Gasteiger partial charge in [-0.15, -0.1) is 0 Å². The number of rotatable bonds is 7. The summed E-state index contributed by atoms with van der Waals surface area (Å²) >= 11 is 0. The van der Waals surface area contributed by atoms with Crippen LogP contribution in [-0.4, -0.2) is 14.2 Å². The highest BCUT2D eigenvalue weighted by molar-refractivity contribution is 6.04. The summed E-state index contributed by atoms with van der Waals surface area (Å²) < 4.78 is 10.8. The van der Waals surface area contributed by atoms with Gasteiger partial charge in [-0.3, -0.25) is 0 Å². The van der Waals surface area contributed by atoms with Gasteiger partial charge in [0.2, 0.25) is 0 Å². The van der Waals surface area contributed by atoms with Crippen molar-refractivity contribution in [2.45, 2.75) is 13.8 Å². The Kier molecular flexibility index (Phi) is 7.68. The second-order valence-corrected chi connectivity index (χ2v) is 8.51. The van der Waals surface area contributed by atoms with Crippen LogP contribution in [0.25, 0.3) is 16.7 Å². The Morgan fingerprint density at radius 2 is 0.889 bits per heavy atom. The van der Waals surface area contributed by atoms with Gasteiger partial charge in [-0.25, -0.2) is 0 Å². The molecular weight excluding hydrogens is 442 g/mol. The van der Waals surface area contributed by atoms with Crippen molar-refractivity contribution in [2.75, 3.05) is 14.2 Å². The molecule has 4 aromatic rings. The topological polar surface area (TPSA) is 42.2 Å². The molecule has 0 N–H and O–H groups in total. The molecule has 3 nitrogen and oxygen atoms in total. The minimum atomic E-state index is 0.721. The molecule has 0 fully saturated rings. The standard InChI is InChI=1S/C33H29NO2/c1-23(22-34)24(2)25-10-12-27(13-11-25)32(26-8-6-5-7-9-26)33(28-14-18-30(35-3)19-15-28)29-16-20-31(36-4)21-17-29/h5-21H,1-4H3/b24-23+. The first-order valence-corrected chi connectivity index (χ1v) is 11.8. The van der Waals surface area contributed by atoms with E-state index >= 15 is 0 Å². The summed E-state index contributed by atoms with van der Waals surface area (Å²) in [6.07, 6.45) is 0. The van der Waals surface area contributed by atoms with Crippen LogP contribution in [0.2, 0.25) is 0 Å². The monoisotopic (exact) mass is 471 g/mol. The van der Waals surface area contributed by atoms with Crippen molar-refractivity contribution >= 4 is 16.7 Å². The summed E-state index contributed by atoms with van der Waals surface area (Å²) in [5, 5.41) is 9.32. The highest BCUT2D eigenvalue weighted by Crippen LogP contribution is 2.38. The Morgan fingerprint density at radius 3 is 1.28 bits per heavy atom. The molecule has 3 heteroatoms. The van der Waals surface area contributed by atoms with Gasteiger partial charge in [0.25, 0.3) is 0 Å². The fraction of sp³-hybridized carbons (Fsp3) is 0.121. The Morgan fingerprint density at radius 1 is 0.528 bits per heavy atom. The molecule has 0 bridgehead atoms. The van der Waals surface area contributed by atoms with Crippen LogP contribution in [0.15, 0.2) is 109 Å². The highest BCUT2D eigenvalue weighted by Gasteiger charge is 2.17. The third-order valence-corrected chi connectivity index (χ3v) is 6.41. The summed E-state index contributed by atoms with van der Waals surface area (Å²) in [6, 6.07) is 37.5. The van der Waals surface area contributed by atoms with Crippen LogP contribution in [0, 0.1) is 11.3 Å². The number of nitriles is 1. The second kappa shape index (κ2) is 11.3. The molecule has 4 aromatic carbocycles. The number of ether oxygens (including phenoxy) is 2. The Hall–Kier alpha value is -4.55. The van der Waals surface area contributed by atoms with Crippen molar-refractivity contribution in [3.8, 4) is 17.6 Å². The van der Waals surface area contributed by atoms with E-state index in [2.05, 4.69) is 78.9 Å². The van der Waals surface area contributed by atoms with Crippen molar-refractivity contribution in [1.29, 1.82) is 5.26 Å². The molecule has 0 atom stereocenters. The first-order chi connectivity index (χ1) is 17.5. The number of benzene rings is 4. The number of allylic oxidation sites excluding steroid dienone is 2. The molecule has 0 aliphatic carbocycles. The molecule has 36 heavy (non-hydrogen) atoms. The van der Waals surface area contributed by atoms with Crippen molar-refractivity contribution in [1.82, 2.24) is 0 Å². The average molecular weight is 472 g/mol. The van der Waals surface area contributed by atoms with Gasteiger partial charge in [0.05, 0.1) is 20.3 Å². The summed E-state index contributed by atoms with van der Waals surface area (Å²) in [4.78, 5) is 0. The van der Waals surface area contributed by atoms with Crippen LogP contribution in [0.1, 0.15) is 41.7 Å². The Bertz CT molecular complexity index is 1370. The molecule has 0 amide bonds. The predicted molar refractivity (Wildman–Crippen MR) is 148 cm³/mol. The molecule has 0 aliphatic heterocycles. The lowest BCUT2D eigenvalue weighted by Crippen LogP contribution is -1.98. The van der Waals surface area contributed by atoms with Crippen LogP contribution in [-0.2, 0) is 0 Å². The van der Waals surface area contributed by atoms with Crippen molar-refractivity contribution in [2.24, 2.45) is 0 Å². The van der Waals surface area contributed by atoms with E-state index in [1.54, 1.807) is 14.2 Å². The van der Waals surface area contributed by atoms with Crippen molar-refractivity contribution < 1.29 is 9.47 Å². The van der Waals surface area contributed by atoms with Gasteiger partial charge in [0, 0.05) is 5.57 Å². The van der Waals surface area contributed by atoms with Gasteiger partial charge in [-0.05, 0) is 82.6 Å². The first kappa shape index (κ1) is 24.6. The number of nitrogens with zero attached hydrogens (tertiary/aromatic N) is 1. The SMILES string of the molecule is COc1ccc(C(=C(c2ccccc2)c2ccc(/C(C)=C(\C)C#N)cc2)c2ccc(OC)cc2)cc1. The third-order valence-electron chi connectivity index (χ3n) is 6.41. The lowest BCUT2D eigenvalue weighted by atomic mass is 9.85. The fourth-order valence-corrected chi connectivity index (χ4v) is 4.22. The van der Waals surface area contributed by atoms with E-state index in [4.69, 9.17) is 9.47 Å². The molecular formula is C33H29NO2. The van der Waals surface area contributed by atoms with Gasteiger partial charge in [0.1, 0.15) is 11.5 Å². The van der Waals surface area contributed by atoms with Crippen LogP contribution < -0.4 is 9.47 Å². The normalized spacial score (nSPS) is 11.2. The van der Waals surface area contributed by atoms with E-state index in [9.17, 15) is 5.26 Å². The zero-order chi connectivity index (χ0) is 25.5.